The van der Waals surface area contributed by atoms with Gasteiger partial charge in [0.2, 0.25) is 0 Å². The third kappa shape index (κ3) is 2.32. The highest BCUT2D eigenvalue weighted by atomic mass is 16.2. The molecule has 3 rings (SSSR count). The zero-order valence-corrected chi connectivity index (χ0v) is 13.3. The number of nitrogens with one attached hydrogen (secondary N) is 2. The van der Waals surface area contributed by atoms with Crippen LogP contribution in [0.5, 0.6) is 0 Å². The van der Waals surface area contributed by atoms with Gasteiger partial charge in [-0.3, -0.25) is 13.9 Å². The Hall–Kier alpha value is -2.90. The van der Waals surface area contributed by atoms with E-state index >= 15 is 0 Å². The Labute approximate surface area is 131 Å². The summed E-state index contributed by atoms with van der Waals surface area (Å²) in [4.78, 5) is 36.5. The summed E-state index contributed by atoms with van der Waals surface area (Å²) in [5, 5.41) is 2.94. The summed E-state index contributed by atoms with van der Waals surface area (Å²) in [6, 6.07) is 3.67. The van der Waals surface area contributed by atoms with Crippen LogP contribution < -0.4 is 16.6 Å². The molecule has 0 aromatic carbocycles. The van der Waals surface area contributed by atoms with Crippen molar-refractivity contribution in [2.75, 3.05) is 12.4 Å². The Bertz CT molecular complexity index is 965. The standard InChI is InChI=1S/C15H18N6O2/c1-4-20-13-11(14(22)21(5-2)15(20)23)18-12(19-13)9-6-7-10(16-3)17-8-9/h6-8H,4-5H2,1-3H3,(H,16,17)(H,18,19). The van der Waals surface area contributed by atoms with Crippen LogP contribution in [0.4, 0.5) is 5.82 Å². The molecule has 0 atom stereocenters. The summed E-state index contributed by atoms with van der Waals surface area (Å²) < 4.78 is 2.70. The first-order valence-electron chi connectivity index (χ1n) is 7.48. The number of hydrogen-bond donors (Lipinski definition) is 2. The minimum atomic E-state index is -0.351. The van der Waals surface area contributed by atoms with Gasteiger partial charge in [-0.2, -0.15) is 0 Å². The fourth-order valence-corrected chi connectivity index (χ4v) is 2.55. The predicted octanol–water partition coefficient (Wildman–Crippen LogP) is 1.03. The van der Waals surface area contributed by atoms with Crippen LogP contribution in [0, 0.1) is 0 Å². The lowest BCUT2D eigenvalue weighted by molar-refractivity contribution is 0.606. The molecule has 0 amide bonds. The second-order valence-corrected chi connectivity index (χ2v) is 5.04. The van der Waals surface area contributed by atoms with E-state index in [1.54, 1.807) is 20.2 Å². The maximum absolute atomic E-state index is 12.4. The number of pyridine rings is 1. The van der Waals surface area contributed by atoms with Crippen molar-refractivity contribution in [3.8, 4) is 11.4 Å². The van der Waals surface area contributed by atoms with E-state index in [4.69, 9.17) is 0 Å². The van der Waals surface area contributed by atoms with Gasteiger partial charge in [0.1, 0.15) is 17.2 Å². The van der Waals surface area contributed by atoms with Crippen molar-refractivity contribution in [1.82, 2.24) is 24.1 Å². The van der Waals surface area contributed by atoms with Crippen molar-refractivity contribution in [1.29, 1.82) is 0 Å². The molecule has 23 heavy (non-hydrogen) atoms. The summed E-state index contributed by atoms with van der Waals surface area (Å²) in [6.07, 6.45) is 1.66. The first kappa shape index (κ1) is 15.0. The predicted molar refractivity (Wildman–Crippen MR) is 88.7 cm³/mol. The normalized spacial score (nSPS) is 11.1. The van der Waals surface area contributed by atoms with Crippen molar-refractivity contribution in [3.05, 3.63) is 39.2 Å². The summed E-state index contributed by atoms with van der Waals surface area (Å²) in [5.74, 6) is 1.26. The van der Waals surface area contributed by atoms with Crippen molar-refractivity contribution >= 4 is 17.0 Å². The highest BCUT2D eigenvalue weighted by Crippen LogP contribution is 2.18. The molecule has 0 saturated heterocycles. The number of aromatic nitrogens is 5. The molecule has 8 nitrogen and oxygen atoms in total. The summed E-state index contributed by atoms with van der Waals surface area (Å²) >= 11 is 0. The molecule has 2 N–H and O–H groups in total. The van der Waals surface area contributed by atoms with E-state index in [2.05, 4.69) is 20.3 Å². The smallest absolute Gasteiger partial charge is 0.332 e. The van der Waals surface area contributed by atoms with Crippen LogP contribution in [-0.4, -0.2) is 31.1 Å². The number of anilines is 1. The second kappa shape index (κ2) is 5.71. The second-order valence-electron chi connectivity index (χ2n) is 5.04. The molecule has 120 valence electrons. The third-order valence-electron chi connectivity index (χ3n) is 3.79. The Morgan fingerprint density at radius 2 is 1.91 bits per heavy atom. The third-order valence-corrected chi connectivity index (χ3v) is 3.79. The molecular formula is C15H18N6O2. The van der Waals surface area contributed by atoms with E-state index < -0.39 is 0 Å². The number of imidazole rings is 1. The van der Waals surface area contributed by atoms with Gasteiger partial charge in [0.25, 0.3) is 5.56 Å². The van der Waals surface area contributed by atoms with Crippen LogP contribution in [-0.2, 0) is 13.1 Å². The van der Waals surface area contributed by atoms with Gasteiger partial charge in [-0.15, -0.1) is 0 Å². The van der Waals surface area contributed by atoms with Crippen LogP contribution in [0.1, 0.15) is 13.8 Å². The molecule has 0 aliphatic carbocycles. The minimum Gasteiger partial charge on any atom is -0.373 e. The lowest BCUT2D eigenvalue weighted by Gasteiger charge is -2.06. The SMILES string of the molecule is CCn1c(=O)c2[nH]c(-c3ccc(NC)nc3)nc2n(CC)c1=O. The molecule has 0 fully saturated rings. The zero-order valence-electron chi connectivity index (χ0n) is 13.3. The number of hydrogen-bond acceptors (Lipinski definition) is 5. The molecule has 3 aromatic heterocycles. The summed E-state index contributed by atoms with van der Waals surface area (Å²) in [6.45, 7) is 4.38. The van der Waals surface area contributed by atoms with Gasteiger partial charge in [-0.1, -0.05) is 0 Å². The molecule has 0 aliphatic heterocycles. The van der Waals surface area contributed by atoms with Gasteiger partial charge in [-0.05, 0) is 26.0 Å². The van der Waals surface area contributed by atoms with E-state index in [1.165, 1.54) is 9.13 Å². The highest BCUT2D eigenvalue weighted by molar-refractivity contribution is 5.75. The molecule has 0 saturated carbocycles. The van der Waals surface area contributed by atoms with Crippen molar-refractivity contribution in [3.63, 3.8) is 0 Å². The van der Waals surface area contributed by atoms with Crippen LogP contribution in [0.15, 0.2) is 27.9 Å². The van der Waals surface area contributed by atoms with Crippen molar-refractivity contribution in [2.24, 2.45) is 0 Å². The number of aryl methyl sites for hydroxylation is 1. The van der Waals surface area contributed by atoms with E-state index in [9.17, 15) is 9.59 Å². The Balaban J connectivity index is 2.27. The molecule has 0 bridgehead atoms. The Kier molecular flexibility index (Phi) is 3.73. The lowest BCUT2D eigenvalue weighted by Crippen LogP contribution is -2.39. The molecule has 8 heteroatoms. The first-order valence-corrected chi connectivity index (χ1v) is 7.48. The van der Waals surface area contributed by atoms with Gasteiger partial charge >= 0.3 is 5.69 Å². The fourth-order valence-electron chi connectivity index (χ4n) is 2.55. The van der Waals surface area contributed by atoms with E-state index in [0.29, 0.717) is 30.1 Å². The van der Waals surface area contributed by atoms with Crippen molar-refractivity contribution < 1.29 is 0 Å². The molecule has 0 radical (unpaired) electrons. The zero-order chi connectivity index (χ0) is 16.6. The lowest BCUT2D eigenvalue weighted by atomic mass is 10.3. The maximum Gasteiger partial charge on any atom is 0.332 e. The number of nitrogens with zero attached hydrogens (tertiary/aromatic N) is 4. The number of fused-ring (bicyclic) bond motifs is 1. The Morgan fingerprint density at radius 1 is 1.17 bits per heavy atom. The van der Waals surface area contributed by atoms with Crippen LogP contribution in [0.25, 0.3) is 22.6 Å². The average Bonchev–Trinajstić information content (AvgIpc) is 3.01. The molecule has 3 heterocycles. The average molecular weight is 314 g/mol. The summed E-state index contributed by atoms with van der Waals surface area (Å²) in [7, 11) is 1.79. The van der Waals surface area contributed by atoms with E-state index in [-0.39, 0.29) is 11.2 Å². The van der Waals surface area contributed by atoms with Crippen molar-refractivity contribution in [2.45, 2.75) is 26.9 Å². The molecular weight excluding hydrogens is 296 g/mol. The molecule has 0 aliphatic rings. The molecule has 0 unspecified atom stereocenters. The number of H-pyrrole nitrogens is 1. The molecule has 0 spiro atoms. The molecule has 3 aromatic rings. The van der Waals surface area contributed by atoms with Crippen LogP contribution in [0.2, 0.25) is 0 Å². The highest BCUT2D eigenvalue weighted by Gasteiger charge is 2.16. The topological polar surface area (TPSA) is 97.6 Å². The van der Waals surface area contributed by atoms with Crippen LogP contribution >= 0.6 is 0 Å². The van der Waals surface area contributed by atoms with Gasteiger partial charge in [0, 0.05) is 31.9 Å². The van der Waals surface area contributed by atoms with Gasteiger partial charge in [0.15, 0.2) is 5.65 Å². The number of aromatic amines is 1. The number of rotatable bonds is 4. The Morgan fingerprint density at radius 3 is 2.48 bits per heavy atom. The fraction of sp³-hybridized carbons (Fsp3) is 0.333. The van der Waals surface area contributed by atoms with E-state index in [0.717, 1.165) is 11.4 Å². The summed E-state index contributed by atoms with van der Waals surface area (Å²) in [5.41, 5.74) is 0.767. The first-order chi connectivity index (χ1) is 11.1. The van der Waals surface area contributed by atoms with E-state index in [1.807, 2.05) is 19.1 Å². The van der Waals surface area contributed by atoms with Gasteiger partial charge < -0.3 is 10.3 Å². The van der Waals surface area contributed by atoms with Gasteiger partial charge in [0.05, 0.1) is 0 Å². The largest absolute Gasteiger partial charge is 0.373 e. The van der Waals surface area contributed by atoms with Gasteiger partial charge in [-0.25, -0.2) is 14.8 Å². The quantitative estimate of drug-likeness (QED) is 0.749. The maximum atomic E-state index is 12.4. The minimum absolute atomic E-state index is 0.320. The monoisotopic (exact) mass is 314 g/mol. The van der Waals surface area contributed by atoms with Crippen LogP contribution in [0.3, 0.4) is 0 Å².